The first kappa shape index (κ1) is 16.2. The molecule has 1 aliphatic rings. The lowest BCUT2D eigenvalue weighted by molar-refractivity contribution is 0.0327. The lowest BCUT2D eigenvalue weighted by Gasteiger charge is -2.39. The maximum absolute atomic E-state index is 10.7. The van der Waals surface area contributed by atoms with E-state index in [0.29, 0.717) is 5.92 Å². The second kappa shape index (κ2) is 7.76. The van der Waals surface area contributed by atoms with E-state index in [2.05, 4.69) is 42.2 Å². The van der Waals surface area contributed by atoms with Crippen LogP contribution in [0.4, 0.5) is 0 Å². The molecule has 0 aromatic heterocycles. The maximum atomic E-state index is 10.7. The molecule has 3 unspecified atom stereocenters. The average Bonchev–Trinajstić information content (AvgIpc) is 2.62. The van der Waals surface area contributed by atoms with E-state index >= 15 is 0 Å². The minimum absolute atomic E-state index is 0.163. The van der Waals surface area contributed by atoms with Crippen molar-refractivity contribution in [2.75, 3.05) is 13.1 Å². The Morgan fingerprint density at radius 1 is 1.04 bits per heavy atom. The Balaban J connectivity index is 1.61. The number of hydrogen-bond donors (Lipinski definition) is 1. The van der Waals surface area contributed by atoms with Crippen molar-refractivity contribution in [3.8, 4) is 0 Å². The third-order valence-electron chi connectivity index (χ3n) is 5.09. The summed E-state index contributed by atoms with van der Waals surface area (Å²) in [4.78, 5) is 2.47. The first-order chi connectivity index (χ1) is 11.2. The first-order valence-corrected chi connectivity index (χ1v) is 8.75. The van der Waals surface area contributed by atoms with Gasteiger partial charge in [-0.1, -0.05) is 60.7 Å². The lowest BCUT2D eigenvalue weighted by Crippen LogP contribution is -2.44. The third-order valence-corrected chi connectivity index (χ3v) is 5.09. The van der Waals surface area contributed by atoms with Crippen molar-refractivity contribution in [2.24, 2.45) is 5.92 Å². The van der Waals surface area contributed by atoms with Crippen molar-refractivity contribution >= 4 is 0 Å². The van der Waals surface area contributed by atoms with Crippen LogP contribution in [0.2, 0.25) is 0 Å². The molecule has 2 aromatic carbocycles. The van der Waals surface area contributed by atoms with Crippen LogP contribution in [-0.4, -0.2) is 29.1 Å². The highest BCUT2D eigenvalue weighted by Gasteiger charge is 2.28. The van der Waals surface area contributed by atoms with Crippen molar-refractivity contribution in [1.82, 2.24) is 4.90 Å². The van der Waals surface area contributed by atoms with E-state index in [4.69, 9.17) is 0 Å². The Kier molecular flexibility index (Phi) is 5.47. The van der Waals surface area contributed by atoms with Crippen LogP contribution >= 0.6 is 0 Å². The number of likely N-dealkylation sites (tertiary alicyclic amines) is 1. The van der Waals surface area contributed by atoms with Crippen molar-refractivity contribution in [2.45, 2.75) is 38.3 Å². The van der Waals surface area contributed by atoms with Gasteiger partial charge in [0.25, 0.3) is 0 Å². The van der Waals surface area contributed by atoms with Crippen molar-refractivity contribution in [3.63, 3.8) is 0 Å². The predicted molar refractivity (Wildman–Crippen MR) is 95.3 cm³/mol. The molecule has 2 nitrogen and oxygen atoms in total. The molecule has 1 heterocycles. The van der Waals surface area contributed by atoms with Crippen LogP contribution < -0.4 is 0 Å². The van der Waals surface area contributed by atoms with Gasteiger partial charge < -0.3 is 5.11 Å². The standard InChI is InChI=1S/C21H27NO/c1-17(21(23)20-12-6-3-7-13-20)22-14-8-11-19(16-22)15-18-9-4-2-5-10-18/h2-7,9-10,12-13,17,19,21,23H,8,11,14-16H2,1H3. The molecule has 122 valence electrons. The fraction of sp³-hybridized carbons (Fsp3) is 0.429. The summed E-state index contributed by atoms with van der Waals surface area (Å²) in [6.45, 7) is 4.33. The lowest BCUT2D eigenvalue weighted by atomic mass is 9.89. The van der Waals surface area contributed by atoms with E-state index < -0.39 is 6.10 Å². The zero-order valence-corrected chi connectivity index (χ0v) is 13.9. The summed E-state index contributed by atoms with van der Waals surface area (Å²) in [6.07, 6.45) is 3.25. The van der Waals surface area contributed by atoms with E-state index in [1.54, 1.807) is 0 Å². The molecular formula is C21H27NO. The van der Waals surface area contributed by atoms with Gasteiger partial charge >= 0.3 is 0 Å². The minimum atomic E-state index is -0.410. The van der Waals surface area contributed by atoms with Gasteiger partial charge in [0.1, 0.15) is 0 Å². The molecule has 1 aliphatic heterocycles. The quantitative estimate of drug-likeness (QED) is 0.900. The molecule has 0 amide bonds. The fourth-order valence-electron chi connectivity index (χ4n) is 3.71. The molecule has 0 bridgehead atoms. The van der Waals surface area contributed by atoms with E-state index in [0.717, 1.165) is 25.1 Å². The van der Waals surface area contributed by atoms with Crippen LogP contribution in [0.5, 0.6) is 0 Å². The summed E-state index contributed by atoms with van der Waals surface area (Å²) in [5.74, 6) is 0.691. The normalized spacial score (nSPS) is 21.7. The summed E-state index contributed by atoms with van der Waals surface area (Å²) in [6, 6.07) is 21.0. The van der Waals surface area contributed by atoms with Crippen molar-refractivity contribution < 1.29 is 5.11 Å². The fourth-order valence-corrected chi connectivity index (χ4v) is 3.71. The van der Waals surface area contributed by atoms with E-state index in [-0.39, 0.29) is 6.04 Å². The molecule has 1 fully saturated rings. The molecule has 3 atom stereocenters. The minimum Gasteiger partial charge on any atom is -0.387 e. The van der Waals surface area contributed by atoms with Crippen LogP contribution in [0.15, 0.2) is 60.7 Å². The highest BCUT2D eigenvalue weighted by Crippen LogP contribution is 2.27. The van der Waals surface area contributed by atoms with Crippen LogP contribution in [0, 0.1) is 5.92 Å². The molecule has 0 spiro atoms. The van der Waals surface area contributed by atoms with Gasteiger partial charge in [-0.3, -0.25) is 4.90 Å². The Hall–Kier alpha value is -1.64. The van der Waals surface area contributed by atoms with Gasteiger partial charge in [0.15, 0.2) is 0 Å². The van der Waals surface area contributed by atoms with Gasteiger partial charge in [0, 0.05) is 12.6 Å². The summed E-state index contributed by atoms with van der Waals surface area (Å²) in [5.41, 5.74) is 2.45. The number of hydrogen-bond acceptors (Lipinski definition) is 2. The number of rotatable bonds is 5. The van der Waals surface area contributed by atoms with Crippen molar-refractivity contribution in [1.29, 1.82) is 0 Å². The smallest absolute Gasteiger partial charge is 0.0942 e. The van der Waals surface area contributed by atoms with Crippen LogP contribution in [0.3, 0.4) is 0 Å². The van der Waals surface area contributed by atoms with Gasteiger partial charge in [-0.25, -0.2) is 0 Å². The summed E-state index contributed by atoms with van der Waals surface area (Å²) in [7, 11) is 0. The van der Waals surface area contributed by atoms with Crippen LogP contribution in [0.25, 0.3) is 0 Å². The Labute approximate surface area is 139 Å². The summed E-state index contributed by atoms with van der Waals surface area (Å²) < 4.78 is 0. The predicted octanol–water partition coefficient (Wildman–Crippen LogP) is 4.06. The molecule has 3 rings (SSSR count). The molecule has 0 saturated carbocycles. The monoisotopic (exact) mass is 309 g/mol. The second-order valence-electron chi connectivity index (χ2n) is 6.79. The highest BCUT2D eigenvalue weighted by atomic mass is 16.3. The van der Waals surface area contributed by atoms with Gasteiger partial charge in [0.05, 0.1) is 6.10 Å². The Bertz CT molecular complexity index is 583. The molecule has 2 heteroatoms. The first-order valence-electron chi connectivity index (χ1n) is 8.75. The highest BCUT2D eigenvalue weighted by molar-refractivity contribution is 5.19. The zero-order chi connectivity index (χ0) is 16.1. The van der Waals surface area contributed by atoms with E-state index in [1.165, 1.54) is 18.4 Å². The second-order valence-corrected chi connectivity index (χ2v) is 6.79. The number of benzene rings is 2. The molecule has 2 aromatic rings. The zero-order valence-electron chi connectivity index (χ0n) is 13.9. The molecular weight excluding hydrogens is 282 g/mol. The van der Waals surface area contributed by atoms with E-state index in [1.807, 2.05) is 30.3 Å². The molecule has 23 heavy (non-hydrogen) atoms. The third kappa shape index (κ3) is 4.21. The summed E-state index contributed by atoms with van der Waals surface area (Å²) in [5, 5.41) is 10.7. The number of piperidine rings is 1. The Morgan fingerprint density at radius 3 is 2.39 bits per heavy atom. The number of aliphatic hydroxyl groups is 1. The van der Waals surface area contributed by atoms with Crippen LogP contribution in [-0.2, 0) is 6.42 Å². The average molecular weight is 309 g/mol. The van der Waals surface area contributed by atoms with Gasteiger partial charge in [0.2, 0.25) is 0 Å². The topological polar surface area (TPSA) is 23.5 Å². The summed E-state index contributed by atoms with van der Waals surface area (Å²) >= 11 is 0. The van der Waals surface area contributed by atoms with Gasteiger partial charge in [-0.15, -0.1) is 0 Å². The Morgan fingerprint density at radius 2 is 1.70 bits per heavy atom. The van der Waals surface area contributed by atoms with E-state index in [9.17, 15) is 5.11 Å². The van der Waals surface area contributed by atoms with Gasteiger partial charge in [-0.2, -0.15) is 0 Å². The number of nitrogens with zero attached hydrogens (tertiary/aromatic N) is 1. The maximum Gasteiger partial charge on any atom is 0.0942 e. The van der Waals surface area contributed by atoms with Crippen molar-refractivity contribution in [3.05, 3.63) is 71.8 Å². The number of aliphatic hydroxyl groups excluding tert-OH is 1. The molecule has 0 aliphatic carbocycles. The van der Waals surface area contributed by atoms with Gasteiger partial charge in [-0.05, 0) is 49.8 Å². The molecule has 0 radical (unpaired) electrons. The molecule has 1 saturated heterocycles. The molecule has 1 N–H and O–H groups in total. The largest absolute Gasteiger partial charge is 0.387 e. The van der Waals surface area contributed by atoms with Crippen LogP contribution in [0.1, 0.15) is 37.0 Å². The SMILES string of the molecule is CC(C(O)c1ccccc1)N1CCCC(Cc2ccccc2)C1.